The van der Waals surface area contributed by atoms with Crippen LogP contribution in [0, 0.1) is 5.92 Å². The summed E-state index contributed by atoms with van der Waals surface area (Å²) in [6, 6.07) is 6.42. The fourth-order valence-corrected chi connectivity index (χ4v) is 2.57. The van der Waals surface area contributed by atoms with Crippen molar-refractivity contribution in [3.05, 3.63) is 33.3 Å². The largest absolute Gasteiger partial charge is 0.327 e. The molecule has 1 aliphatic rings. The van der Waals surface area contributed by atoms with Gasteiger partial charge in [0.05, 0.1) is 0 Å². The summed E-state index contributed by atoms with van der Waals surface area (Å²) in [5.41, 5.74) is 7.26. The highest BCUT2D eigenvalue weighted by atomic mass is 79.9. The molecule has 1 saturated carbocycles. The Morgan fingerprint density at radius 3 is 2.80 bits per heavy atom. The monoisotopic (exact) mass is 287 g/mol. The van der Waals surface area contributed by atoms with Crippen molar-refractivity contribution in [1.29, 1.82) is 0 Å². The topological polar surface area (TPSA) is 26.0 Å². The second kappa shape index (κ2) is 4.86. The molecule has 0 radical (unpaired) electrons. The van der Waals surface area contributed by atoms with E-state index in [0.29, 0.717) is 6.04 Å². The van der Waals surface area contributed by atoms with E-state index in [0.717, 1.165) is 28.3 Å². The molecule has 3 heteroatoms. The molecule has 1 nitrogen and oxygen atoms in total. The summed E-state index contributed by atoms with van der Waals surface area (Å²) >= 11 is 9.54. The fraction of sp³-hybridized carbons (Fsp3) is 0.500. The van der Waals surface area contributed by atoms with Gasteiger partial charge in [0, 0.05) is 15.5 Å². The molecule has 0 aliphatic heterocycles. The van der Waals surface area contributed by atoms with Gasteiger partial charge in [-0.1, -0.05) is 33.6 Å². The molecule has 2 N–H and O–H groups in total. The highest BCUT2D eigenvalue weighted by Gasteiger charge is 2.27. The van der Waals surface area contributed by atoms with Crippen LogP contribution in [-0.2, 0) is 6.42 Å². The van der Waals surface area contributed by atoms with E-state index in [4.69, 9.17) is 17.3 Å². The van der Waals surface area contributed by atoms with Crippen LogP contribution in [0.1, 0.15) is 24.8 Å². The Bertz CT molecular complexity index is 349. The molecule has 0 spiro atoms. The summed E-state index contributed by atoms with van der Waals surface area (Å²) in [7, 11) is 0. The van der Waals surface area contributed by atoms with Crippen LogP contribution in [0.15, 0.2) is 22.7 Å². The number of rotatable bonds is 4. The van der Waals surface area contributed by atoms with Crippen molar-refractivity contribution in [2.24, 2.45) is 11.7 Å². The van der Waals surface area contributed by atoms with Crippen LogP contribution in [0.4, 0.5) is 0 Å². The van der Waals surface area contributed by atoms with Gasteiger partial charge >= 0.3 is 0 Å². The van der Waals surface area contributed by atoms with Gasteiger partial charge in [0.1, 0.15) is 0 Å². The van der Waals surface area contributed by atoms with Crippen molar-refractivity contribution in [2.45, 2.75) is 31.7 Å². The lowest BCUT2D eigenvalue weighted by atomic mass is 10.0. The van der Waals surface area contributed by atoms with E-state index in [1.807, 2.05) is 12.1 Å². The lowest BCUT2D eigenvalue weighted by Gasteiger charge is -2.10. The number of aryl methyl sites for hydroxylation is 1. The van der Waals surface area contributed by atoms with Gasteiger partial charge in [-0.2, -0.15) is 0 Å². The highest BCUT2D eigenvalue weighted by Crippen LogP contribution is 2.33. The summed E-state index contributed by atoms with van der Waals surface area (Å²) in [5.74, 6) is 0.777. The maximum atomic E-state index is 6.14. The van der Waals surface area contributed by atoms with Gasteiger partial charge in [-0.15, -0.1) is 0 Å². The summed E-state index contributed by atoms with van der Waals surface area (Å²) in [6.07, 6.45) is 4.67. The Kier molecular flexibility index (Phi) is 3.70. The minimum absolute atomic E-state index is 0.365. The average molecular weight is 289 g/mol. The Morgan fingerprint density at radius 1 is 1.47 bits per heavy atom. The molecule has 0 bridgehead atoms. The molecule has 1 atom stereocenters. The van der Waals surface area contributed by atoms with Crippen molar-refractivity contribution in [3.63, 3.8) is 0 Å². The Balaban J connectivity index is 1.92. The third-order valence-electron chi connectivity index (χ3n) is 2.99. The fourth-order valence-electron chi connectivity index (χ4n) is 1.81. The Hall–Kier alpha value is -0.0500. The molecule has 1 aromatic rings. The summed E-state index contributed by atoms with van der Waals surface area (Å²) < 4.78 is 1.03. The van der Waals surface area contributed by atoms with E-state index in [2.05, 4.69) is 22.0 Å². The lowest BCUT2D eigenvalue weighted by molar-refractivity contribution is 0.550. The first kappa shape index (κ1) is 11.4. The number of hydrogen-bond donors (Lipinski definition) is 1. The maximum Gasteiger partial charge on any atom is 0.0449 e. The SMILES string of the molecule is NC(CCc1ccc(Br)cc1Cl)C1CC1. The summed E-state index contributed by atoms with van der Waals surface area (Å²) in [5, 5.41) is 0.840. The van der Waals surface area contributed by atoms with E-state index >= 15 is 0 Å². The molecular formula is C12H15BrClN. The van der Waals surface area contributed by atoms with Crippen molar-refractivity contribution in [1.82, 2.24) is 0 Å². The molecular weight excluding hydrogens is 273 g/mol. The zero-order valence-electron chi connectivity index (χ0n) is 8.55. The van der Waals surface area contributed by atoms with E-state index < -0.39 is 0 Å². The molecule has 1 unspecified atom stereocenters. The van der Waals surface area contributed by atoms with Gasteiger partial charge in [0.15, 0.2) is 0 Å². The molecule has 82 valence electrons. The van der Waals surface area contributed by atoms with Gasteiger partial charge in [0.25, 0.3) is 0 Å². The maximum absolute atomic E-state index is 6.14. The van der Waals surface area contributed by atoms with Crippen LogP contribution in [-0.4, -0.2) is 6.04 Å². The molecule has 1 aliphatic carbocycles. The normalized spacial score (nSPS) is 17.8. The Morgan fingerprint density at radius 2 is 2.20 bits per heavy atom. The van der Waals surface area contributed by atoms with E-state index in [1.54, 1.807) is 0 Å². The van der Waals surface area contributed by atoms with Crippen molar-refractivity contribution < 1.29 is 0 Å². The van der Waals surface area contributed by atoms with Crippen LogP contribution in [0.3, 0.4) is 0 Å². The van der Waals surface area contributed by atoms with Crippen LogP contribution in [0.25, 0.3) is 0 Å². The molecule has 0 saturated heterocycles. The lowest BCUT2D eigenvalue weighted by Crippen LogP contribution is -2.22. The highest BCUT2D eigenvalue weighted by molar-refractivity contribution is 9.10. The number of hydrogen-bond acceptors (Lipinski definition) is 1. The molecule has 1 aromatic carbocycles. The van der Waals surface area contributed by atoms with Crippen LogP contribution >= 0.6 is 27.5 Å². The molecule has 2 rings (SSSR count). The van der Waals surface area contributed by atoms with Gasteiger partial charge in [-0.3, -0.25) is 0 Å². The second-order valence-electron chi connectivity index (χ2n) is 4.28. The first-order chi connectivity index (χ1) is 7.16. The van der Waals surface area contributed by atoms with Crippen molar-refractivity contribution in [2.75, 3.05) is 0 Å². The number of benzene rings is 1. The van der Waals surface area contributed by atoms with Gasteiger partial charge in [-0.25, -0.2) is 0 Å². The molecule has 0 amide bonds. The van der Waals surface area contributed by atoms with Gasteiger partial charge in [-0.05, 0) is 49.3 Å². The van der Waals surface area contributed by atoms with Gasteiger partial charge < -0.3 is 5.73 Å². The average Bonchev–Trinajstić information content (AvgIpc) is 2.99. The van der Waals surface area contributed by atoms with E-state index in [1.165, 1.54) is 18.4 Å². The predicted molar refractivity (Wildman–Crippen MR) is 68.2 cm³/mol. The quantitative estimate of drug-likeness (QED) is 0.896. The second-order valence-corrected chi connectivity index (χ2v) is 5.60. The molecule has 15 heavy (non-hydrogen) atoms. The minimum atomic E-state index is 0.365. The third-order valence-corrected chi connectivity index (χ3v) is 3.83. The predicted octanol–water partition coefficient (Wildman–Crippen LogP) is 3.77. The number of halogens is 2. The zero-order valence-corrected chi connectivity index (χ0v) is 10.9. The van der Waals surface area contributed by atoms with Gasteiger partial charge in [0.2, 0.25) is 0 Å². The van der Waals surface area contributed by atoms with Crippen LogP contribution in [0.2, 0.25) is 5.02 Å². The first-order valence-corrected chi connectivity index (χ1v) is 6.53. The zero-order chi connectivity index (χ0) is 10.8. The minimum Gasteiger partial charge on any atom is -0.327 e. The molecule has 0 aromatic heterocycles. The van der Waals surface area contributed by atoms with Crippen LogP contribution in [0.5, 0.6) is 0 Å². The molecule has 0 heterocycles. The standard InChI is InChI=1S/C12H15BrClN/c13-10-5-3-8(11(14)7-10)4-6-12(15)9-1-2-9/h3,5,7,9,12H,1-2,4,6,15H2. The summed E-state index contributed by atoms with van der Waals surface area (Å²) in [4.78, 5) is 0. The third kappa shape index (κ3) is 3.20. The first-order valence-electron chi connectivity index (χ1n) is 5.36. The number of nitrogens with two attached hydrogens (primary N) is 1. The van der Waals surface area contributed by atoms with E-state index in [9.17, 15) is 0 Å². The summed E-state index contributed by atoms with van der Waals surface area (Å²) in [6.45, 7) is 0. The Labute approximate surface area is 104 Å². The smallest absolute Gasteiger partial charge is 0.0449 e. The molecule has 1 fully saturated rings. The van der Waals surface area contributed by atoms with Crippen molar-refractivity contribution >= 4 is 27.5 Å². The van der Waals surface area contributed by atoms with E-state index in [-0.39, 0.29) is 0 Å². The van der Waals surface area contributed by atoms with Crippen LogP contribution < -0.4 is 5.73 Å². The van der Waals surface area contributed by atoms with Crippen molar-refractivity contribution in [3.8, 4) is 0 Å².